The molecule has 6 heteroatoms. The maximum absolute atomic E-state index is 13.7. The molecule has 18 heavy (non-hydrogen) atoms. The van der Waals surface area contributed by atoms with Gasteiger partial charge in [0.1, 0.15) is 0 Å². The van der Waals surface area contributed by atoms with Crippen LogP contribution < -0.4 is 0 Å². The van der Waals surface area contributed by atoms with Gasteiger partial charge in [0.15, 0.2) is 23.3 Å². The van der Waals surface area contributed by atoms with Gasteiger partial charge in [-0.25, -0.2) is 17.6 Å². The van der Waals surface area contributed by atoms with E-state index in [0.717, 1.165) is 0 Å². The van der Waals surface area contributed by atoms with E-state index in [1.807, 2.05) is 0 Å². The second kappa shape index (κ2) is 6.02. The summed E-state index contributed by atoms with van der Waals surface area (Å²) in [6.07, 6.45) is 2.48. The molecule has 0 aromatic heterocycles. The molecule has 0 spiro atoms. The summed E-state index contributed by atoms with van der Waals surface area (Å²) in [5.41, 5.74) is -0.689. The van der Waals surface area contributed by atoms with Crippen LogP contribution in [0.15, 0.2) is 25.3 Å². The van der Waals surface area contributed by atoms with Gasteiger partial charge in [0.05, 0.1) is 9.65 Å². The van der Waals surface area contributed by atoms with Gasteiger partial charge in [0, 0.05) is 11.1 Å². The van der Waals surface area contributed by atoms with Crippen molar-refractivity contribution in [2.24, 2.45) is 0 Å². The molecule has 1 rings (SSSR count). The summed E-state index contributed by atoms with van der Waals surface area (Å²) in [7, 11) is 0. The van der Waals surface area contributed by atoms with Crippen LogP contribution in [0.5, 0.6) is 0 Å². The summed E-state index contributed by atoms with van der Waals surface area (Å²) in [6, 6.07) is 0. The predicted molar refractivity (Wildman–Crippen MR) is 70.0 cm³/mol. The topological polar surface area (TPSA) is 0 Å². The lowest BCUT2D eigenvalue weighted by molar-refractivity contribution is 0.400. The van der Waals surface area contributed by atoms with Gasteiger partial charge < -0.3 is 0 Å². The number of hydrogen-bond donors (Lipinski definition) is 0. The van der Waals surface area contributed by atoms with Crippen molar-refractivity contribution in [3.05, 3.63) is 59.7 Å². The highest BCUT2D eigenvalue weighted by Gasteiger charge is 2.29. The van der Waals surface area contributed by atoms with Crippen LogP contribution in [0, 0.1) is 23.3 Å². The Kier molecular flexibility index (Phi) is 5.16. The number of hydrogen-bond acceptors (Lipinski definition) is 0. The molecule has 0 aliphatic heterocycles. The Hall–Kier alpha value is -0.620. The zero-order chi connectivity index (χ0) is 14.0. The number of allylic oxidation sites excluding steroid dienone is 2. The molecular weight excluding hydrogens is 380 g/mol. The Balaban J connectivity index is 3.74. The molecule has 0 aliphatic rings. The lowest BCUT2D eigenvalue weighted by Gasteiger charge is -2.17. The van der Waals surface area contributed by atoms with Gasteiger partial charge in [-0.05, 0) is 0 Å². The Labute approximate surface area is 119 Å². The first-order valence-electron chi connectivity index (χ1n) is 4.75. The number of halogens is 6. The molecule has 0 fully saturated rings. The van der Waals surface area contributed by atoms with Crippen molar-refractivity contribution in [2.75, 3.05) is 0 Å². The highest BCUT2D eigenvalue weighted by atomic mass is 79.9. The SMILES string of the molecule is C=CC(Br)c1c(F)c(F)c(F)c(F)c1C(Br)C=C. The average Bonchev–Trinajstić information content (AvgIpc) is 2.38. The molecule has 2 atom stereocenters. The maximum atomic E-state index is 13.7. The van der Waals surface area contributed by atoms with Gasteiger partial charge in [-0.3, -0.25) is 0 Å². The lowest BCUT2D eigenvalue weighted by Crippen LogP contribution is -2.10. The van der Waals surface area contributed by atoms with Crippen molar-refractivity contribution < 1.29 is 17.6 Å². The minimum Gasteiger partial charge on any atom is -0.203 e. The van der Waals surface area contributed by atoms with Crippen LogP contribution >= 0.6 is 31.9 Å². The molecular formula is C12H8Br2F4. The molecule has 98 valence electrons. The summed E-state index contributed by atoms with van der Waals surface area (Å²) in [5.74, 6) is -6.59. The third-order valence-corrected chi connectivity index (χ3v) is 3.97. The maximum Gasteiger partial charge on any atom is 0.197 e. The molecule has 0 radical (unpaired) electrons. The van der Waals surface area contributed by atoms with Crippen molar-refractivity contribution in [1.82, 2.24) is 0 Å². The normalized spacial score (nSPS) is 14.1. The molecule has 0 amide bonds. The van der Waals surface area contributed by atoms with Crippen molar-refractivity contribution in [1.29, 1.82) is 0 Å². The minimum absolute atomic E-state index is 0.344. The molecule has 0 nitrogen and oxygen atoms in total. The Morgan fingerprint density at radius 3 is 1.22 bits per heavy atom. The zero-order valence-electron chi connectivity index (χ0n) is 8.99. The van der Waals surface area contributed by atoms with E-state index in [0.29, 0.717) is 0 Å². The van der Waals surface area contributed by atoms with Crippen LogP contribution in [-0.4, -0.2) is 0 Å². The highest BCUT2D eigenvalue weighted by molar-refractivity contribution is 9.09. The molecule has 1 aromatic rings. The molecule has 0 bridgehead atoms. The first-order valence-corrected chi connectivity index (χ1v) is 6.58. The van der Waals surface area contributed by atoms with Crippen LogP contribution in [-0.2, 0) is 0 Å². The van der Waals surface area contributed by atoms with Crippen molar-refractivity contribution in [3.63, 3.8) is 0 Å². The average molecular weight is 388 g/mol. The van der Waals surface area contributed by atoms with Gasteiger partial charge in [-0.2, -0.15) is 0 Å². The van der Waals surface area contributed by atoms with Crippen molar-refractivity contribution >= 4 is 31.9 Å². The fourth-order valence-corrected chi connectivity index (χ4v) is 2.34. The molecule has 0 heterocycles. The van der Waals surface area contributed by atoms with E-state index < -0.39 is 32.9 Å². The monoisotopic (exact) mass is 386 g/mol. The van der Waals surface area contributed by atoms with E-state index in [2.05, 4.69) is 45.0 Å². The van der Waals surface area contributed by atoms with E-state index in [-0.39, 0.29) is 11.1 Å². The zero-order valence-corrected chi connectivity index (χ0v) is 12.2. The van der Waals surface area contributed by atoms with Crippen molar-refractivity contribution in [3.8, 4) is 0 Å². The predicted octanol–water partition coefficient (Wildman–Crippen LogP) is 5.49. The van der Waals surface area contributed by atoms with Crippen LogP contribution in [0.3, 0.4) is 0 Å². The third-order valence-electron chi connectivity index (χ3n) is 2.31. The lowest BCUT2D eigenvalue weighted by atomic mass is 9.99. The van der Waals surface area contributed by atoms with Crippen molar-refractivity contribution in [2.45, 2.75) is 9.65 Å². The quantitative estimate of drug-likeness (QED) is 0.211. The summed E-state index contributed by atoms with van der Waals surface area (Å²) in [4.78, 5) is -1.70. The molecule has 0 N–H and O–H groups in total. The van der Waals surface area contributed by atoms with Crippen LogP contribution in [0.25, 0.3) is 0 Å². The minimum atomic E-state index is -1.85. The standard InChI is InChI=1S/C12H8Br2F4/c1-3-5(13)7-8(6(14)4-2)10(16)12(18)11(17)9(7)15/h3-6H,1-2H2. The number of rotatable bonds is 4. The van der Waals surface area contributed by atoms with E-state index in [4.69, 9.17) is 0 Å². The second-order valence-corrected chi connectivity index (χ2v) is 5.33. The van der Waals surface area contributed by atoms with Gasteiger partial charge >= 0.3 is 0 Å². The molecule has 2 unspecified atom stereocenters. The van der Waals surface area contributed by atoms with Crippen LogP contribution in [0.4, 0.5) is 17.6 Å². The van der Waals surface area contributed by atoms with E-state index in [9.17, 15) is 17.6 Å². The van der Waals surface area contributed by atoms with Crippen LogP contribution in [0.1, 0.15) is 20.8 Å². The summed E-state index contributed by atoms with van der Waals surface area (Å²) < 4.78 is 53.9. The Morgan fingerprint density at radius 1 is 0.722 bits per heavy atom. The largest absolute Gasteiger partial charge is 0.203 e. The Bertz CT molecular complexity index is 455. The highest BCUT2D eigenvalue weighted by Crippen LogP contribution is 2.40. The number of benzene rings is 1. The number of alkyl halides is 2. The van der Waals surface area contributed by atoms with Gasteiger partial charge in [-0.15, -0.1) is 13.2 Å². The fourth-order valence-electron chi connectivity index (χ4n) is 1.44. The van der Waals surface area contributed by atoms with E-state index in [1.165, 1.54) is 12.2 Å². The van der Waals surface area contributed by atoms with E-state index in [1.54, 1.807) is 0 Å². The fraction of sp³-hybridized carbons (Fsp3) is 0.167. The van der Waals surface area contributed by atoms with Gasteiger partial charge in [0.2, 0.25) is 0 Å². The summed E-state index contributed by atoms with van der Waals surface area (Å²) in [5, 5.41) is 0. The molecule has 1 aromatic carbocycles. The van der Waals surface area contributed by atoms with E-state index >= 15 is 0 Å². The van der Waals surface area contributed by atoms with Crippen LogP contribution in [0.2, 0.25) is 0 Å². The van der Waals surface area contributed by atoms with Gasteiger partial charge in [-0.1, -0.05) is 44.0 Å². The third kappa shape index (κ3) is 2.54. The van der Waals surface area contributed by atoms with Gasteiger partial charge in [0.25, 0.3) is 0 Å². The summed E-state index contributed by atoms with van der Waals surface area (Å²) in [6.45, 7) is 6.79. The molecule has 0 saturated heterocycles. The first-order chi connectivity index (χ1) is 8.36. The second-order valence-electron chi connectivity index (χ2n) is 3.36. The summed E-state index contributed by atoms with van der Waals surface area (Å²) >= 11 is 6.02. The smallest absolute Gasteiger partial charge is 0.197 e. The Morgan fingerprint density at radius 2 is 1.00 bits per heavy atom. The molecule has 0 aliphatic carbocycles. The first kappa shape index (κ1) is 15.4. The molecule has 0 saturated carbocycles.